The first-order valence-corrected chi connectivity index (χ1v) is 11.3. The minimum absolute atomic E-state index is 0.254. The maximum absolute atomic E-state index is 13.7. The highest BCUT2D eigenvalue weighted by atomic mass is 32.1. The van der Waals surface area contributed by atoms with E-state index in [9.17, 15) is 14.0 Å². The van der Waals surface area contributed by atoms with Gasteiger partial charge in [-0.25, -0.2) is 14.2 Å². The predicted octanol–water partition coefficient (Wildman–Crippen LogP) is 4.28. The largest absolute Gasteiger partial charge is 0.465 e. The molecule has 3 aromatic rings. The fourth-order valence-corrected chi connectivity index (χ4v) is 4.62. The van der Waals surface area contributed by atoms with E-state index in [4.69, 9.17) is 4.74 Å². The molecule has 7 nitrogen and oxygen atoms in total. The van der Waals surface area contributed by atoms with Gasteiger partial charge in [-0.15, -0.1) is 11.3 Å². The molecule has 1 aliphatic rings. The summed E-state index contributed by atoms with van der Waals surface area (Å²) in [6.45, 7) is 3.58. The zero-order chi connectivity index (χ0) is 22.7. The van der Waals surface area contributed by atoms with Crippen LogP contribution in [0.15, 0.2) is 41.9 Å². The molecule has 4 rings (SSSR count). The summed E-state index contributed by atoms with van der Waals surface area (Å²) in [5.74, 6) is -0.683. The number of rotatable bonds is 6. The van der Waals surface area contributed by atoms with Crippen molar-refractivity contribution in [3.63, 3.8) is 0 Å². The number of hydrogen-bond acceptors (Lipinski definition) is 6. The SMILES string of the molecule is COC(=O)c1ccc(NC(=O)c2cc(C)cn2Cc2csc(N3CCCC(F)C3)n2)cc1. The normalized spacial score (nSPS) is 16.1. The number of esters is 1. The summed E-state index contributed by atoms with van der Waals surface area (Å²) in [4.78, 5) is 31.1. The molecule has 32 heavy (non-hydrogen) atoms. The van der Waals surface area contributed by atoms with Gasteiger partial charge in [-0.05, 0) is 55.7 Å². The Morgan fingerprint density at radius 2 is 2.09 bits per heavy atom. The standard InChI is InChI=1S/C23H25FN4O3S/c1-15-10-20(21(29)25-18-7-5-16(6-8-18)22(30)31-2)28(11-15)13-19-14-32-23(26-19)27-9-3-4-17(24)12-27/h5-8,10-11,14,17H,3-4,9,12-13H2,1-2H3,(H,25,29). The molecule has 0 saturated carbocycles. The van der Waals surface area contributed by atoms with Crippen molar-refractivity contribution >= 4 is 34.0 Å². The fraction of sp³-hybridized carbons (Fsp3) is 0.348. The highest BCUT2D eigenvalue weighted by molar-refractivity contribution is 7.13. The number of anilines is 2. The van der Waals surface area contributed by atoms with Crippen LogP contribution in [-0.4, -0.2) is 47.8 Å². The molecule has 1 aliphatic heterocycles. The minimum atomic E-state index is -0.805. The molecule has 1 atom stereocenters. The summed E-state index contributed by atoms with van der Waals surface area (Å²) in [5.41, 5.74) is 3.30. The van der Waals surface area contributed by atoms with Gasteiger partial charge in [-0.3, -0.25) is 4.79 Å². The molecule has 3 heterocycles. The van der Waals surface area contributed by atoms with E-state index in [-0.39, 0.29) is 5.91 Å². The van der Waals surface area contributed by atoms with Crippen molar-refractivity contribution < 1.29 is 18.7 Å². The number of nitrogens with zero attached hydrogens (tertiary/aromatic N) is 3. The van der Waals surface area contributed by atoms with E-state index in [1.165, 1.54) is 18.4 Å². The van der Waals surface area contributed by atoms with E-state index in [2.05, 4.69) is 10.3 Å². The number of thiazole rings is 1. The van der Waals surface area contributed by atoms with E-state index in [0.717, 1.165) is 29.4 Å². The second-order valence-electron chi connectivity index (χ2n) is 7.86. The van der Waals surface area contributed by atoms with Gasteiger partial charge in [0, 0.05) is 23.8 Å². The third-order valence-corrected chi connectivity index (χ3v) is 6.29. The molecular formula is C23H25FN4O3S. The first-order valence-electron chi connectivity index (χ1n) is 10.4. The Hall–Kier alpha value is -3.20. The molecule has 1 saturated heterocycles. The Balaban J connectivity index is 1.46. The summed E-state index contributed by atoms with van der Waals surface area (Å²) in [7, 11) is 1.32. The van der Waals surface area contributed by atoms with Crippen molar-refractivity contribution in [1.29, 1.82) is 0 Å². The number of methoxy groups -OCH3 is 1. The van der Waals surface area contributed by atoms with Gasteiger partial charge in [0.05, 0.1) is 31.5 Å². The van der Waals surface area contributed by atoms with Gasteiger partial charge in [0.2, 0.25) is 0 Å². The second-order valence-corrected chi connectivity index (χ2v) is 8.70. The molecule has 1 amide bonds. The quantitative estimate of drug-likeness (QED) is 0.561. The molecule has 1 unspecified atom stereocenters. The monoisotopic (exact) mass is 456 g/mol. The number of nitrogens with one attached hydrogen (secondary N) is 1. The number of aryl methyl sites for hydroxylation is 1. The van der Waals surface area contributed by atoms with Gasteiger partial charge in [-0.2, -0.15) is 0 Å². The predicted molar refractivity (Wildman–Crippen MR) is 122 cm³/mol. The Morgan fingerprint density at radius 3 is 2.81 bits per heavy atom. The van der Waals surface area contributed by atoms with Crippen LogP contribution in [0.5, 0.6) is 0 Å². The molecule has 1 fully saturated rings. The average Bonchev–Trinajstić information content (AvgIpc) is 3.40. The molecule has 0 bridgehead atoms. The van der Waals surface area contributed by atoms with Crippen LogP contribution in [0.2, 0.25) is 0 Å². The number of benzene rings is 1. The maximum atomic E-state index is 13.7. The van der Waals surface area contributed by atoms with Crippen molar-refractivity contribution in [1.82, 2.24) is 9.55 Å². The molecule has 0 spiro atoms. The van der Waals surface area contributed by atoms with Crippen LogP contribution < -0.4 is 10.2 Å². The van der Waals surface area contributed by atoms with Crippen molar-refractivity contribution in [3.8, 4) is 0 Å². The lowest BCUT2D eigenvalue weighted by Crippen LogP contribution is -2.36. The van der Waals surface area contributed by atoms with Gasteiger partial charge in [0.1, 0.15) is 11.9 Å². The van der Waals surface area contributed by atoms with Crippen LogP contribution in [0.25, 0.3) is 0 Å². The van der Waals surface area contributed by atoms with Crippen molar-refractivity contribution in [2.24, 2.45) is 0 Å². The van der Waals surface area contributed by atoms with Gasteiger partial charge in [-0.1, -0.05) is 0 Å². The van der Waals surface area contributed by atoms with Crippen molar-refractivity contribution in [2.75, 3.05) is 30.4 Å². The molecule has 2 aromatic heterocycles. The smallest absolute Gasteiger partial charge is 0.337 e. The molecule has 1 aromatic carbocycles. The van der Waals surface area contributed by atoms with Crippen LogP contribution >= 0.6 is 11.3 Å². The summed E-state index contributed by atoms with van der Waals surface area (Å²) >= 11 is 1.50. The van der Waals surface area contributed by atoms with Gasteiger partial charge < -0.3 is 19.5 Å². The zero-order valence-corrected chi connectivity index (χ0v) is 18.8. The molecule has 0 aliphatic carbocycles. The zero-order valence-electron chi connectivity index (χ0n) is 18.0. The summed E-state index contributed by atoms with van der Waals surface area (Å²) in [5, 5.41) is 5.64. The highest BCUT2D eigenvalue weighted by Crippen LogP contribution is 2.26. The number of halogens is 1. The third-order valence-electron chi connectivity index (χ3n) is 5.34. The first kappa shape index (κ1) is 22.0. The number of carbonyl (C=O) groups excluding carboxylic acids is 2. The lowest BCUT2D eigenvalue weighted by Gasteiger charge is -2.28. The number of piperidine rings is 1. The van der Waals surface area contributed by atoms with Crippen LogP contribution in [0.1, 0.15) is 44.9 Å². The number of aromatic nitrogens is 2. The average molecular weight is 457 g/mol. The van der Waals surface area contributed by atoms with Gasteiger partial charge in [0.15, 0.2) is 5.13 Å². The van der Waals surface area contributed by atoms with E-state index in [1.54, 1.807) is 24.3 Å². The van der Waals surface area contributed by atoms with Crippen molar-refractivity contribution in [2.45, 2.75) is 32.5 Å². The highest BCUT2D eigenvalue weighted by Gasteiger charge is 2.22. The molecule has 168 valence electrons. The van der Waals surface area contributed by atoms with Gasteiger partial charge in [0.25, 0.3) is 5.91 Å². The van der Waals surface area contributed by atoms with Gasteiger partial charge >= 0.3 is 5.97 Å². The fourth-order valence-electron chi connectivity index (χ4n) is 3.77. The number of alkyl halides is 1. The third kappa shape index (κ3) is 4.99. The topological polar surface area (TPSA) is 76.5 Å². The Kier molecular flexibility index (Phi) is 6.55. The summed E-state index contributed by atoms with van der Waals surface area (Å²) in [6, 6.07) is 8.35. The van der Waals surface area contributed by atoms with Crippen LogP contribution in [0.4, 0.5) is 15.2 Å². The van der Waals surface area contributed by atoms with E-state index in [0.29, 0.717) is 36.5 Å². The Morgan fingerprint density at radius 1 is 1.31 bits per heavy atom. The lowest BCUT2D eigenvalue weighted by atomic mass is 10.1. The summed E-state index contributed by atoms with van der Waals surface area (Å²) in [6.07, 6.45) is 2.55. The van der Waals surface area contributed by atoms with Crippen LogP contribution in [0, 0.1) is 6.92 Å². The maximum Gasteiger partial charge on any atom is 0.337 e. The Bertz CT molecular complexity index is 1110. The minimum Gasteiger partial charge on any atom is -0.465 e. The van der Waals surface area contributed by atoms with Crippen LogP contribution in [-0.2, 0) is 11.3 Å². The number of carbonyl (C=O) groups is 2. The van der Waals surface area contributed by atoms with Crippen LogP contribution in [0.3, 0.4) is 0 Å². The van der Waals surface area contributed by atoms with Crippen molar-refractivity contribution in [3.05, 3.63) is 64.4 Å². The summed E-state index contributed by atoms with van der Waals surface area (Å²) < 4.78 is 20.3. The van der Waals surface area contributed by atoms with E-state index >= 15 is 0 Å². The van der Waals surface area contributed by atoms with E-state index in [1.807, 2.05) is 34.0 Å². The number of amides is 1. The number of hydrogen-bond donors (Lipinski definition) is 1. The molecular weight excluding hydrogens is 431 g/mol. The number of ether oxygens (including phenoxy) is 1. The molecule has 0 radical (unpaired) electrons. The molecule has 9 heteroatoms. The van der Waals surface area contributed by atoms with E-state index < -0.39 is 12.1 Å². The Labute approximate surface area is 189 Å². The molecule has 1 N–H and O–H groups in total. The second kappa shape index (κ2) is 9.52. The lowest BCUT2D eigenvalue weighted by molar-refractivity contribution is 0.0600. The first-order chi connectivity index (χ1) is 15.4.